The lowest BCUT2D eigenvalue weighted by molar-refractivity contribution is 0.0996. The van der Waals surface area contributed by atoms with Gasteiger partial charge >= 0.3 is 0 Å². The number of aliphatic hydroxyl groups is 1. The quantitative estimate of drug-likeness (QED) is 0.886. The molecule has 0 bridgehead atoms. The average molecular weight is 301 g/mol. The van der Waals surface area contributed by atoms with Crippen molar-refractivity contribution in [3.05, 3.63) is 46.2 Å². The molecule has 2 aromatic rings. The predicted molar refractivity (Wildman–Crippen MR) is 84.0 cm³/mol. The molecule has 21 heavy (non-hydrogen) atoms. The number of rotatable bonds is 3. The van der Waals surface area contributed by atoms with Gasteiger partial charge in [0.05, 0.1) is 7.11 Å². The summed E-state index contributed by atoms with van der Waals surface area (Å²) in [5.74, 6) is 5.91. The molecule has 0 aliphatic carbocycles. The highest BCUT2D eigenvalue weighted by Crippen LogP contribution is 2.24. The minimum Gasteiger partial charge on any atom is -0.497 e. The number of hydrogen-bond acceptors (Lipinski definition) is 4. The van der Waals surface area contributed by atoms with Crippen LogP contribution in [0.25, 0.3) is 0 Å². The zero-order valence-electron chi connectivity index (χ0n) is 11.8. The van der Waals surface area contributed by atoms with Crippen LogP contribution >= 0.6 is 11.3 Å². The lowest BCUT2D eigenvalue weighted by atomic mass is 10.2. The third-order valence-electron chi connectivity index (χ3n) is 2.91. The normalized spacial score (nSPS) is 9.67. The van der Waals surface area contributed by atoms with Crippen LogP contribution in [0, 0.1) is 11.8 Å². The number of benzene rings is 1. The van der Waals surface area contributed by atoms with Crippen LogP contribution in [-0.2, 0) is 0 Å². The first-order valence-corrected chi connectivity index (χ1v) is 7.14. The molecule has 0 unspecified atom stereocenters. The maximum atomic E-state index is 12.6. The Bertz CT molecular complexity index is 697. The first-order valence-electron chi connectivity index (χ1n) is 6.26. The Morgan fingerprint density at radius 3 is 2.95 bits per heavy atom. The van der Waals surface area contributed by atoms with E-state index in [0.29, 0.717) is 16.2 Å². The molecule has 0 saturated heterocycles. The number of hydrogen-bond donors (Lipinski definition) is 1. The van der Waals surface area contributed by atoms with Gasteiger partial charge in [-0.05, 0) is 23.6 Å². The second-order valence-electron chi connectivity index (χ2n) is 4.19. The largest absolute Gasteiger partial charge is 0.497 e. The summed E-state index contributed by atoms with van der Waals surface area (Å²) < 4.78 is 5.17. The Balaban J connectivity index is 2.29. The zero-order valence-corrected chi connectivity index (χ0v) is 12.6. The van der Waals surface area contributed by atoms with E-state index >= 15 is 0 Å². The molecular formula is C16H15NO3S. The molecule has 1 amide bonds. The first kappa shape index (κ1) is 15.1. The van der Waals surface area contributed by atoms with Gasteiger partial charge in [-0.1, -0.05) is 17.9 Å². The third-order valence-corrected chi connectivity index (χ3v) is 3.81. The molecule has 0 spiro atoms. The van der Waals surface area contributed by atoms with Crippen LogP contribution < -0.4 is 9.64 Å². The Hall–Kier alpha value is -2.29. The van der Waals surface area contributed by atoms with Crippen molar-refractivity contribution in [2.24, 2.45) is 0 Å². The topological polar surface area (TPSA) is 49.8 Å². The molecule has 0 aliphatic rings. The molecule has 5 heteroatoms. The second-order valence-corrected chi connectivity index (χ2v) is 5.11. The fourth-order valence-electron chi connectivity index (χ4n) is 1.80. The van der Waals surface area contributed by atoms with Gasteiger partial charge in [-0.15, -0.1) is 11.3 Å². The Kier molecular flexibility index (Phi) is 4.99. The van der Waals surface area contributed by atoms with Gasteiger partial charge in [-0.3, -0.25) is 4.79 Å². The number of anilines is 1. The van der Waals surface area contributed by atoms with Crippen molar-refractivity contribution in [1.82, 2.24) is 0 Å². The van der Waals surface area contributed by atoms with Gasteiger partial charge in [-0.25, -0.2) is 0 Å². The lowest BCUT2D eigenvalue weighted by Crippen LogP contribution is -2.26. The molecule has 0 fully saturated rings. The highest BCUT2D eigenvalue weighted by atomic mass is 32.1. The minimum absolute atomic E-state index is 0.138. The molecule has 4 nitrogen and oxygen atoms in total. The molecule has 0 aliphatic heterocycles. The van der Waals surface area contributed by atoms with Crippen molar-refractivity contribution in [2.45, 2.75) is 0 Å². The van der Waals surface area contributed by atoms with Crippen LogP contribution in [0.1, 0.15) is 15.2 Å². The fourth-order valence-corrected chi connectivity index (χ4v) is 2.62. The summed E-state index contributed by atoms with van der Waals surface area (Å²) in [7, 11) is 3.29. The molecule has 0 atom stereocenters. The highest BCUT2D eigenvalue weighted by Gasteiger charge is 2.18. The van der Waals surface area contributed by atoms with Gasteiger partial charge < -0.3 is 14.7 Å². The minimum atomic E-state index is -0.227. The van der Waals surface area contributed by atoms with E-state index in [1.807, 2.05) is 23.6 Å². The van der Waals surface area contributed by atoms with E-state index in [0.717, 1.165) is 5.69 Å². The Labute approximate surface area is 127 Å². The molecule has 0 saturated carbocycles. The molecule has 108 valence electrons. The zero-order chi connectivity index (χ0) is 15.2. The fraction of sp³-hybridized carbons (Fsp3) is 0.188. The predicted octanol–water partition coefficient (Wildman–Crippen LogP) is 2.38. The number of aliphatic hydroxyl groups excluding tert-OH is 1. The van der Waals surface area contributed by atoms with Crippen LogP contribution in [0.5, 0.6) is 5.75 Å². The maximum absolute atomic E-state index is 12.6. The smallest absolute Gasteiger partial charge is 0.269 e. The Morgan fingerprint density at radius 1 is 1.43 bits per heavy atom. The average Bonchev–Trinajstić information content (AvgIpc) is 2.99. The van der Waals surface area contributed by atoms with Gasteiger partial charge in [0, 0.05) is 24.4 Å². The molecule has 2 rings (SSSR count). The van der Waals surface area contributed by atoms with E-state index in [1.165, 1.54) is 11.3 Å². The molecule has 1 heterocycles. The standard InChI is InChI=1S/C16H15NO3S/c1-17(13-6-3-7-14(11-13)20-2)16(19)15-12(5-4-9-18)8-10-21-15/h3,6-8,10-11,18H,9H2,1-2H3. The summed E-state index contributed by atoms with van der Waals surface area (Å²) in [6.45, 7) is -0.227. The SMILES string of the molecule is COc1cccc(N(C)C(=O)c2sccc2C#CCO)c1. The van der Waals surface area contributed by atoms with Crippen LogP contribution in [0.15, 0.2) is 35.7 Å². The lowest BCUT2D eigenvalue weighted by Gasteiger charge is -2.17. The second kappa shape index (κ2) is 6.93. The van der Waals surface area contributed by atoms with Crippen molar-refractivity contribution in [3.8, 4) is 17.6 Å². The molecule has 1 aromatic heterocycles. The first-order chi connectivity index (χ1) is 10.2. The number of thiophene rings is 1. The summed E-state index contributed by atoms with van der Waals surface area (Å²) in [6, 6.07) is 9.07. The van der Waals surface area contributed by atoms with Crippen LogP contribution in [-0.4, -0.2) is 31.8 Å². The number of amides is 1. The van der Waals surface area contributed by atoms with E-state index in [1.54, 1.807) is 31.2 Å². The summed E-state index contributed by atoms with van der Waals surface area (Å²) in [5, 5.41) is 10.6. The van der Waals surface area contributed by atoms with Crippen molar-refractivity contribution >= 4 is 22.9 Å². The van der Waals surface area contributed by atoms with Gasteiger partial charge in [0.2, 0.25) is 0 Å². The van der Waals surface area contributed by atoms with Gasteiger partial charge in [-0.2, -0.15) is 0 Å². The van der Waals surface area contributed by atoms with Crippen LogP contribution in [0.2, 0.25) is 0 Å². The number of ether oxygens (including phenoxy) is 1. The molecule has 1 N–H and O–H groups in total. The number of carbonyl (C=O) groups excluding carboxylic acids is 1. The van der Waals surface area contributed by atoms with Crippen molar-refractivity contribution in [3.63, 3.8) is 0 Å². The van der Waals surface area contributed by atoms with Gasteiger partial charge in [0.15, 0.2) is 0 Å². The summed E-state index contributed by atoms with van der Waals surface area (Å²) in [4.78, 5) is 14.7. The number of carbonyl (C=O) groups is 1. The van der Waals surface area contributed by atoms with Crippen molar-refractivity contribution < 1.29 is 14.6 Å². The van der Waals surface area contributed by atoms with Gasteiger partial charge in [0.25, 0.3) is 5.91 Å². The highest BCUT2D eigenvalue weighted by molar-refractivity contribution is 7.12. The number of nitrogens with zero attached hydrogens (tertiary/aromatic N) is 1. The molecule has 0 radical (unpaired) electrons. The van der Waals surface area contributed by atoms with E-state index in [4.69, 9.17) is 9.84 Å². The van der Waals surface area contributed by atoms with Gasteiger partial charge in [0.1, 0.15) is 17.2 Å². The molecular weight excluding hydrogens is 286 g/mol. The maximum Gasteiger partial charge on any atom is 0.269 e. The monoisotopic (exact) mass is 301 g/mol. The Morgan fingerprint density at radius 2 is 2.24 bits per heavy atom. The van der Waals surface area contributed by atoms with Crippen molar-refractivity contribution in [1.29, 1.82) is 0 Å². The van der Waals surface area contributed by atoms with E-state index in [2.05, 4.69) is 11.8 Å². The van der Waals surface area contributed by atoms with Crippen molar-refractivity contribution in [2.75, 3.05) is 25.7 Å². The van der Waals surface area contributed by atoms with Crippen LogP contribution in [0.3, 0.4) is 0 Å². The summed E-state index contributed by atoms with van der Waals surface area (Å²) in [5.41, 5.74) is 1.38. The third kappa shape index (κ3) is 3.43. The molecule has 1 aromatic carbocycles. The summed E-state index contributed by atoms with van der Waals surface area (Å²) in [6.07, 6.45) is 0. The summed E-state index contributed by atoms with van der Waals surface area (Å²) >= 11 is 1.33. The van der Waals surface area contributed by atoms with E-state index < -0.39 is 0 Å². The van der Waals surface area contributed by atoms with E-state index in [9.17, 15) is 4.79 Å². The number of methoxy groups -OCH3 is 1. The van der Waals surface area contributed by atoms with Crippen LogP contribution in [0.4, 0.5) is 5.69 Å². The van der Waals surface area contributed by atoms with E-state index in [-0.39, 0.29) is 12.5 Å².